The van der Waals surface area contributed by atoms with Crippen LogP contribution in [0.3, 0.4) is 0 Å². The van der Waals surface area contributed by atoms with Crippen molar-refractivity contribution >= 4 is 32.8 Å². The molecule has 7 heteroatoms. The number of unbranched alkanes of at least 4 members (excludes halogenated alkanes) is 1. The Morgan fingerprint density at radius 3 is 2.48 bits per heavy atom. The molecule has 4 rings (SSSR count). The van der Waals surface area contributed by atoms with Gasteiger partial charge >= 0.3 is 0 Å². The zero-order chi connectivity index (χ0) is 22.0. The van der Waals surface area contributed by atoms with Gasteiger partial charge in [0.05, 0.1) is 17.2 Å². The smallest absolute Gasteiger partial charge is 0.225 e. The third-order valence-electron chi connectivity index (χ3n) is 5.43. The lowest BCUT2D eigenvalue weighted by Crippen LogP contribution is -2.23. The van der Waals surface area contributed by atoms with Crippen LogP contribution in [0.5, 0.6) is 5.75 Å². The highest BCUT2D eigenvalue weighted by molar-refractivity contribution is 7.91. The largest absolute Gasteiger partial charge is 0.494 e. The fourth-order valence-electron chi connectivity index (χ4n) is 3.65. The van der Waals surface area contributed by atoms with Gasteiger partial charge in [-0.15, -0.1) is 11.3 Å². The third-order valence-corrected chi connectivity index (χ3v) is 8.47. The zero-order valence-electron chi connectivity index (χ0n) is 17.6. The molecule has 0 aliphatic carbocycles. The Kier molecular flexibility index (Phi) is 6.16. The topological polar surface area (TPSA) is 72.5 Å². The lowest BCUT2D eigenvalue weighted by atomic mass is 9.90. The number of carbonyl (C=O) groups is 1. The molecule has 5 nitrogen and oxygen atoms in total. The number of thiophene rings is 1. The highest BCUT2D eigenvalue weighted by atomic mass is 32.2. The maximum Gasteiger partial charge on any atom is 0.225 e. The first-order valence-corrected chi connectivity index (χ1v) is 12.7. The number of amides is 1. The molecule has 1 N–H and O–H groups in total. The Labute approximate surface area is 187 Å². The van der Waals surface area contributed by atoms with Gasteiger partial charge in [0.2, 0.25) is 15.7 Å². The van der Waals surface area contributed by atoms with E-state index >= 15 is 0 Å². The lowest BCUT2D eigenvalue weighted by molar-refractivity contribution is -0.116. The summed E-state index contributed by atoms with van der Waals surface area (Å²) < 4.78 is 32.2. The molecule has 1 amide bonds. The predicted octanol–water partition coefficient (Wildman–Crippen LogP) is 5.54. The lowest BCUT2D eigenvalue weighted by Gasteiger charge is -2.24. The Morgan fingerprint density at radius 1 is 1.10 bits per heavy atom. The minimum Gasteiger partial charge on any atom is -0.494 e. The number of anilines is 1. The van der Waals surface area contributed by atoms with E-state index in [2.05, 4.69) is 12.2 Å². The molecular formula is C24H25NO4S2. The van der Waals surface area contributed by atoms with Gasteiger partial charge in [0, 0.05) is 22.6 Å². The normalized spacial score (nSPS) is 15.9. The van der Waals surface area contributed by atoms with Crippen LogP contribution in [0.2, 0.25) is 0 Å². The van der Waals surface area contributed by atoms with Gasteiger partial charge in [-0.05, 0) is 43.2 Å². The highest BCUT2D eigenvalue weighted by Gasteiger charge is 2.34. The summed E-state index contributed by atoms with van der Waals surface area (Å²) in [5.74, 6) is 0.437. The summed E-state index contributed by atoms with van der Waals surface area (Å²) in [7, 11) is -3.73. The van der Waals surface area contributed by atoms with Crippen molar-refractivity contribution in [3.63, 3.8) is 0 Å². The van der Waals surface area contributed by atoms with E-state index < -0.39 is 9.84 Å². The molecule has 162 valence electrons. The van der Waals surface area contributed by atoms with Crippen LogP contribution in [0.1, 0.15) is 48.1 Å². The molecule has 0 unspecified atom stereocenters. The van der Waals surface area contributed by atoms with E-state index in [0.29, 0.717) is 12.3 Å². The maximum absolute atomic E-state index is 13.2. The van der Waals surface area contributed by atoms with Crippen LogP contribution in [0.15, 0.2) is 63.7 Å². The summed E-state index contributed by atoms with van der Waals surface area (Å²) >= 11 is 1.38. The molecule has 0 saturated heterocycles. The van der Waals surface area contributed by atoms with E-state index in [1.807, 2.05) is 31.2 Å². The number of hydrogen-bond donors (Lipinski definition) is 1. The zero-order valence-corrected chi connectivity index (χ0v) is 19.2. The molecular weight excluding hydrogens is 430 g/mol. The van der Waals surface area contributed by atoms with E-state index in [9.17, 15) is 13.2 Å². The molecule has 1 aliphatic heterocycles. The van der Waals surface area contributed by atoms with Crippen molar-refractivity contribution in [3.05, 3.63) is 69.9 Å². The van der Waals surface area contributed by atoms with Crippen molar-refractivity contribution in [2.75, 3.05) is 11.9 Å². The Bertz CT molecular complexity index is 1180. The van der Waals surface area contributed by atoms with E-state index in [1.54, 1.807) is 29.6 Å². The summed E-state index contributed by atoms with van der Waals surface area (Å²) in [6, 6.07) is 14.5. The van der Waals surface area contributed by atoms with Crippen LogP contribution >= 0.6 is 11.3 Å². The predicted molar refractivity (Wildman–Crippen MR) is 123 cm³/mol. The Hall–Kier alpha value is -2.64. The summed E-state index contributed by atoms with van der Waals surface area (Å²) in [4.78, 5) is 13.7. The monoisotopic (exact) mass is 455 g/mol. The number of rotatable bonds is 7. The van der Waals surface area contributed by atoms with E-state index in [-0.39, 0.29) is 28.0 Å². The molecule has 2 heterocycles. The average molecular weight is 456 g/mol. The summed E-state index contributed by atoms with van der Waals surface area (Å²) in [5, 5.41) is 4.45. The van der Waals surface area contributed by atoms with E-state index in [4.69, 9.17) is 4.74 Å². The van der Waals surface area contributed by atoms with Crippen LogP contribution in [-0.2, 0) is 14.6 Å². The van der Waals surface area contributed by atoms with E-state index in [0.717, 1.165) is 34.6 Å². The van der Waals surface area contributed by atoms with Crippen LogP contribution in [0.25, 0.3) is 0 Å². The van der Waals surface area contributed by atoms with Gasteiger partial charge in [0.1, 0.15) is 10.6 Å². The number of nitrogens with one attached hydrogen (secondary N) is 1. The molecule has 0 spiro atoms. The second-order valence-electron chi connectivity index (χ2n) is 7.73. The van der Waals surface area contributed by atoms with Crippen LogP contribution in [-0.4, -0.2) is 20.9 Å². The average Bonchev–Trinajstić information content (AvgIpc) is 3.19. The molecule has 0 saturated carbocycles. The standard InChI is InChI=1S/C24H25NO4S2/c1-3-4-13-29-18-9-7-17(8-10-18)20-14-22(26)25-23-21(15-30-24(20)23)31(27,28)19-11-5-16(2)6-12-19/h5-12,15,20H,3-4,13-14H2,1-2H3,(H,25,26)/t20-/m1/s1. The molecule has 1 aliphatic rings. The second kappa shape index (κ2) is 8.85. The SMILES string of the molecule is CCCCOc1ccc([C@H]2CC(=O)Nc3c(S(=O)(=O)c4ccc(C)cc4)csc32)cc1. The molecule has 0 radical (unpaired) electrons. The van der Waals surface area contributed by atoms with Crippen molar-refractivity contribution in [2.24, 2.45) is 0 Å². The summed E-state index contributed by atoms with van der Waals surface area (Å²) in [6.45, 7) is 4.71. The Morgan fingerprint density at radius 2 is 1.81 bits per heavy atom. The van der Waals surface area contributed by atoms with Crippen LogP contribution in [0, 0.1) is 6.92 Å². The molecule has 3 aromatic rings. The molecule has 1 aromatic heterocycles. The first-order valence-electron chi connectivity index (χ1n) is 10.4. The molecule has 0 fully saturated rings. The molecule has 0 bridgehead atoms. The second-order valence-corrected chi connectivity index (χ2v) is 10.6. The summed E-state index contributed by atoms with van der Waals surface area (Å²) in [5.41, 5.74) is 2.37. The fourth-order valence-corrected chi connectivity index (χ4v) is 6.55. The van der Waals surface area contributed by atoms with Gasteiger partial charge in [-0.3, -0.25) is 4.79 Å². The number of carbonyl (C=O) groups excluding carboxylic acids is 1. The number of benzene rings is 2. The van der Waals surface area contributed by atoms with Gasteiger partial charge < -0.3 is 10.1 Å². The molecule has 1 atom stereocenters. The van der Waals surface area contributed by atoms with Crippen molar-refractivity contribution in [3.8, 4) is 5.75 Å². The van der Waals surface area contributed by atoms with Crippen molar-refractivity contribution in [1.29, 1.82) is 0 Å². The van der Waals surface area contributed by atoms with Crippen molar-refractivity contribution in [2.45, 2.75) is 48.8 Å². The van der Waals surface area contributed by atoms with Crippen LogP contribution in [0.4, 0.5) is 5.69 Å². The number of hydrogen-bond acceptors (Lipinski definition) is 5. The fraction of sp³-hybridized carbons (Fsp3) is 0.292. The van der Waals surface area contributed by atoms with E-state index in [1.165, 1.54) is 11.3 Å². The van der Waals surface area contributed by atoms with Gasteiger partial charge in [-0.1, -0.05) is 43.2 Å². The number of ether oxygens (including phenoxy) is 1. The van der Waals surface area contributed by atoms with Crippen molar-refractivity contribution in [1.82, 2.24) is 0 Å². The summed E-state index contributed by atoms with van der Waals surface area (Å²) in [6.07, 6.45) is 2.36. The first-order chi connectivity index (χ1) is 14.9. The van der Waals surface area contributed by atoms with Gasteiger partial charge in [-0.2, -0.15) is 0 Å². The third kappa shape index (κ3) is 4.38. The minimum atomic E-state index is -3.73. The van der Waals surface area contributed by atoms with Gasteiger partial charge in [0.15, 0.2) is 0 Å². The number of sulfone groups is 1. The van der Waals surface area contributed by atoms with Crippen molar-refractivity contribution < 1.29 is 17.9 Å². The molecule has 31 heavy (non-hydrogen) atoms. The number of fused-ring (bicyclic) bond motifs is 1. The van der Waals surface area contributed by atoms with Gasteiger partial charge in [0.25, 0.3) is 0 Å². The first kappa shape index (κ1) is 21.6. The van der Waals surface area contributed by atoms with Crippen LogP contribution < -0.4 is 10.1 Å². The minimum absolute atomic E-state index is 0.161. The van der Waals surface area contributed by atoms with Gasteiger partial charge in [-0.25, -0.2) is 8.42 Å². The number of aryl methyl sites for hydroxylation is 1. The molecule has 2 aromatic carbocycles. The maximum atomic E-state index is 13.2. The highest BCUT2D eigenvalue weighted by Crippen LogP contribution is 2.46. The Balaban J connectivity index is 1.66. The quantitative estimate of drug-likeness (QED) is 0.475.